The van der Waals surface area contributed by atoms with E-state index in [4.69, 9.17) is 0 Å². The van der Waals surface area contributed by atoms with Crippen LogP contribution in [0.4, 0.5) is 14.5 Å². The lowest BCUT2D eigenvalue weighted by Gasteiger charge is -2.36. The molecule has 3 aromatic rings. The fraction of sp³-hybridized carbons (Fsp3) is 0.304. The van der Waals surface area contributed by atoms with Gasteiger partial charge < -0.3 is 10.0 Å². The van der Waals surface area contributed by atoms with Crippen molar-refractivity contribution in [3.8, 4) is 6.07 Å². The Morgan fingerprint density at radius 2 is 1.83 bits per heavy atom. The van der Waals surface area contributed by atoms with Crippen LogP contribution in [-0.4, -0.2) is 23.2 Å². The number of aromatic nitrogens is 1. The largest absolute Gasteiger partial charge is 0.388 e. The molecule has 1 N–H and O–H groups in total. The third-order valence-electron chi connectivity index (χ3n) is 5.73. The fourth-order valence-corrected chi connectivity index (χ4v) is 4.22. The summed E-state index contributed by atoms with van der Waals surface area (Å²) in [5.74, 6) is -0.643. The smallest absolute Gasteiger partial charge is 0.124 e. The first-order valence-electron chi connectivity index (χ1n) is 9.65. The van der Waals surface area contributed by atoms with E-state index in [1.54, 1.807) is 25.3 Å². The first-order valence-corrected chi connectivity index (χ1v) is 9.65. The predicted molar refractivity (Wildman–Crippen MR) is 107 cm³/mol. The van der Waals surface area contributed by atoms with E-state index in [0.29, 0.717) is 53.6 Å². The maximum Gasteiger partial charge on any atom is 0.124 e. The highest BCUT2D eigenvalue weighted by Crippen LogP contribution is 2.37. The standard InChI is InChI=1S/C23H21F2N3O/c1-14-10-19(25)11-20-21(14)27-13-17(12-26)22(20)28-8-6-16(7-9-28)23(29)15-2-4-18(24)5-3-15/h2-5,10-11,13,16,23,29H,6-9H2,1H3. The molecular formula is C23H21F2N3O. The van der Waals surface area contributed by atoms with Crippen molar-refractivity contribution in [2.24, 2.45) is 5.92 Å². The van der Waals surface area contributed by atoms with Gasteiger partial charge in [-0.25, -0.2) is 8.78 Å². The maximum absolute atomic E-state index is 14.1. The number of nitrogens with zero attached hydrogens (tertiary/aromatic N) is 3. The third-order valence-corrected chi connectivity index (χ3v) is 5.73. The van der Waals surface area contributed by atoms with Crippen LogP contribution >= 0.6 is 0 Å². The highest BCUT2D eigenvalue weighted by Gasteiger charge is 2.28. The minimum atomic E-state index is -0.665. The summed E-state index contributed by atoms with van der Waals surface area (Å²) in [5.41, 5.74) is 3.24. The van der Waals surface area contributed by atoms with Gasteiger partial charge in [0.15, 0.2) is 0 Å². The van der Waals surface area contributed by atoms with Crippen LogP contribution in [-0.2, 0) is 0 Å². The van der Waals surface area contributed by atoms with Gasteiger partial charge in [0.25, 0.3) is 0 Å². The number of nitriles is 1. The SMILES string of the molecule is Cc1cc(F)cc2c(N3CCC(C(O)c4ccc(F)cc4)CC3)c(C#N)cnc12. The van der Waals surface area contributed by atoms with Crippen LogP contribution in [0.3, 0.4) is 0 Å². The molecule has 1 aromatic heterocycles. The molecule has 1 fully saturated rings. The van der Waals surface area contributed by atoms with Gasteiger partial charge in [0.2, 0.25) is 0 Å². The fourth-order valence-electron chi connectivity index (χ4n) is 4.22. The zero-order valence-corrected chi connectivity index (χ0v) is 16.1. The van der Waals surface area contributed by atoms with Crippen molar-refractivity contribution in [2.45, 2.75) is 25.9 Å². The van der Waals surface area contributed by atoms with Gasteiger partial charge in [-0.15, -0.1) is 0 Å². The van der Waals surface area contributed by atoms with E-state index < -0.39 is 6.10 Å². The first-order chi connectivity index (χ1) is 14.0. The number of anilines is 1. The normalized spacial score (nSPS) is 16.0. The summed E-state index contributed by atoms with van der Waals surface area (Å²) in [7, 11) is 0. The highest BCUT2D eigenvalue weighted by atomic mass is 19.1. The summed E-state index contributed by atoms with van der Waals surface area (Å²) in [6.07, 6.45) is 2.30. The van der Waals surface area contributed by atoms with Crippen LogP contribution in [0.5, 0.6) is 0 Å². The van der Waals surface area contributed by atoms with Gasteiger partial charge in [-0.05, 0) is 61.1 Å². The molecular weight excluding hydrogens is 372 g/mol. The van der Waals surface area contributed by atoms with Crippen LogP contribution in [0.2, 0.25) is 0 Å². The Morgan fingerprint density at radius 3 is 2.48 bits per heavy atom. The van der Waals surface area contributed by atoms with Crippen molar-refractivity contribution in [1.29, 1.82) is 5.26 Å². The Bertz CT molecular complexity index is 1080. The minimum absolute atomic E-state index is 0.0359. The Hall–Kier alpha value is -3.04. The second kappa shape index (κ2) is 7.76. The monoisotopic (exact) mass is 393 g/mol. The van der Waals surface area contributed by atoms with Crippen LogP contribution < -0.4 is 4.90 Å². The average Bonchev–Trinajstić information content (AvgIpc) is 2.73. The molecule has 1 atom stereocenters. The second-order valence-corrected chi connectivity index (χ2v) is 7.57. The number of hydrogen-bond donors (Lipinski definition) is 1. The maximum atomic E-state index is 14.1. The summed E-state index contributed by atoms with van der Waals surface area (Å²) in [5, 5.41) is 20.9. The molecule has 0 saturated carbocycles. The zero-order valence-electron chi connectivity index (χ0n) is 16.1. The lowest BCUT2D eigenvalue weighted by Crippen LogP contribution is -2.36. The molecule has 1 aliphatic rings. The van der Waals surface area contributed by atoms with Crippen molar-refractivity contribution < 1.29 is 13.9 Å². The molecule has 0 radical (unpaired) electrons. The van der Waals surface area contributed by atoms with Crippen LogP contribution in [0.15, 0.2) is 42.6 Å². The Morgan fingerprint density at radius 1 is 1.14 bits per heavy atom. The zero-order chi connectivity index (χ0) is 20.5. The number of pyridine rings is 1. The van der Waals surface area contributed by atoms with E-state index in [-0.39, 0.29) is 17.6 Å². The van der Waals surface area contributed by atoms with Crippen molar-refractivity contribution >= 4 is 16.6 Å². The number of fused-ring (bicyclic) bond motifs is 1. The van der Waals surface area contributed by atoms with Crippen molar-refractivity contribution in [3.05, 3.63) is 70.9 Å². The number of rotatable bonds is 3. The molecule has 2 heterocycles. The predicted octanol–water partition coefficient (Wildman–Crippen LogP) is 4.64. The first kappa shape index (κ1) is 19.3. The van der Waals surface area contributed by atoms with E-state index in [2.05, 4.69) is 16.0 Å². The van der Waals surface area contributed by atoms with E-state index >= 15 is 0 Å². The third kappa shape index (κ3) is 3.66. The minimum Gasteiger partial charge on any atom is -0.388 e. The van der Waals surface area contributed by atoms with E-state index in [1.165, 1.54) is 24.3 Å². The quantitative estimate of drug-likeness (QED) is 0.704. The van der Waals surface area contributed by atoms with E-state index in [1.807, 2.05) is 0 Å². The van der Waals surface area contributed by atoms with Crippen LogP contribution in [0, 0.1) is 35.8 Å². The lowest BCUT2D eigenvalue weighted by atomic mass is 9.87. The van der Waals surface area contributed by atoms with Gasteiger partial charge in [-0.3, -0.25) is 4.98 Å². The van der Waals surface area contributed by atoms with Gasteiger partial charge in [-0.2, -0.15) is 5.26 Å². The molecule has 0 amide bonds. The lowest BCUT2D eigenvalue weighted by molar-refractivity contribution is 0.0929. The molecule has 148 valence electrons. The van der Waals surface area contributed by atoms with Crippen LogP contribution in [0.1, 0.15) is 35.6 Å². The molecule has 1 unspecified atom stereocenters. The summed E-state index contributed by atoms with van der Waals surface area (Å²) in [6, 6.07) is 11.0. The van der Waals surface area contributed by atoms with Crippen molar-refractivity contribution in [3.63, 3.8) is 0 Å². The van der Waals surface area contributed by atoms with Gasteiger partial charge in [0, 0.05) is 24.7 Å². The summed E-state index contributed by atoms with van der Waals surface area (Å²) < 4.78 is 27.2. The molecule has 1 aliphatic heterocycles. The Kier molecular flexibility index (Phi) is 5.16. The molecule has 6 heteroatoms. The van der Waals surface area contributed by atoms with Gasteiger partial charge >= 0.3 is 0 Å². The summed E-state index contributed by atoms with van der Waals surface area (Å²) in [6.45, 7) is 3.07. The van der Waals surface area contributed by atoms with Gasteiger partial charge in [0.1, 0.15) is 17.7 Å². The molecule has 2 aromatic carbocycles. The average molecular weight is 393 g/mol. The molecule has 4 nitrogen and oxygen atoms in total. The summed E-state index contributed by atoms with van der Waals surface area (Å²) >= 11 is 0. The van der Waals surface area contributed by atoms with Crippen molar-refractivity contribution in [1.82, 2.24) is 4.98 Å². The number of aliphatic hydroxyl groups is 1. The number of hydrogen-bond acceptors (Lipinski definition) is 4. The van der Waals surface area contributed by atoms with Gasteiger partial charge in [-0.1, -0.05) is 12.1 Å². The number of aliphatic hydroxyl groups excluding tert-OH is 1. The summed E-state index contributed by atoms with van der Waals surface area (Å²) in [4.78, 5) is 6.43. The van der Waals surface area contributed by atoms with E-state index in [0.717, 1.165) is 5.56 Å². The molecule has 29 heavy (non-hydrogen) atoms. The number of aryl methyl sites for hydroxylation is 1. The molecule has 0 spiro atoms. The number of piperidine rings is 1. The Labute approximate surface area is 168 Å². The topological polar surface area (TPSA) is 60.1 Å². The Balaban J connectivity index is 1.61. The van der Waals surface area contributed by atoms with E-state index in [9.17, 15) is 19.1 Å². The molecule has 0 aliphatic carbocycles. The molecule has 4 rings (SSSR count). The number of benzene rings is 2. The van der Waals surface area contributed by atoms with Gasteiger partial charge in [0.05, 0.1) is 22.9 Å². The second-order valence-electron chi connectivity index (χ2n) is 7.57. The van der Waals surface area contributed by atoms with Crippen molar-refractivity contribution in [2.75, 3.05) is 18.0 Å². The molecule has 1 saturated heterocycles. The number of halogens is 2. The highest BCUT2D eigenvalue weighted by molar-refractivity contribution is 5.96. The molecule has 0 bridgehead atoms. The van der Waals surface area contributed by atoms with Crippen LogP contribution in [0.25, 0.3) is 10.9 Å².